The van der Waals surface area contributed by atoms with Crippen LogP contribution in [0.25, 0.3) is 0 Å². The van der Waals surface area contributed by atoms with Crippen molar-refractivity contribution in [1.82, 2.24) is 19.7 Å². The minimum atomic E-state index is -1.14. The Labute approximate surface area is 211 Å². The molecule has 4 heterocycles. The molecule has 0 atom stereocenters. The molecule has 7 heteroatoms. The van der Waals surface area contributed by atoms with Crippen molar-refractivity contribution < 1.29 is 9.53 Å². The van der Waals surface area contributed by atoms with Crippen LogP contribution in [0.5, 0.6) is 0 Å². The molecule has 1 fully saturated rings. The molecule has 3 aliphatic rings. The van der Waals surface area contributed by atoms with Crippen LogP contribution in [0.3, 0.4) is 0 Å². The molecule has 190 valence electrons. The van der Waals surface area contributed by atoms with Crippen LogP contribution in [0.1, 0.15) is 79.7 Å². The van der Waals surface area contributed by atoms with Gasteiger partial charge in [-0.1, -0.05) is 51.4 Å². The number of carbonyl (C=O) groups is 1. The lowest BCUT2D eigenvalue weighted by Gasteiger charge is -2.32. The zero-order valence-electron chi connectivity index (χ0n) is 21.9. The zero-order valence-corrected chi connectivity index (χ0v) is 22.9. The van der Waals surface area contributed by atoms with Gasteiger partial charge in [0.1, 0.15) is 6.73 Å². The van der Waals surface area contributed by atoms with Crippen LogP contribution in [0, 0.1) is 5.41 Å². The van der Waals surface area contributed by atoms with E-state index in [1.807, 2.05) is 4.68 Å². The molecule has 5 rings (SSSR count). The number of rotatable bonds is 5. The first-order chi connectivity index (χ1) is 16.8. The van der Waals surface area contributed by atoms with Gasteiger partial charge in [0.2, 0.25) is 5.91 Å². The Morgan fingerprint density at radius 1 is 1.00 bits per heavy atom. The molecule has 1 saturated carbocycles. The number of hydrogen-bond acceptors (Lipinski definition) is 4. The Kier molecular flexibility index (Phi) is 7.17. The fourth-order valence-corrected chi connectivity index (χ4v) is 6.90. The molecule has 0 saturated heterocycles. The summed E-state index contributed by atoms with van der Waals surface area (Å²) < 4.78 is 8.13. The maximum Gasteiger partial charge on any atom is 0.229 e. The van der Waals surface area contributed by atoms with Gasteiger partial charge in [-0.2, -0.15) is 5.10 Å². The molecule has 4 bridgehead atoms. The summed E-state index contributed by atoms with van der Waals surface area (Å²) >= 11 is 0. The Hall–Kier alpha value is -1.99. The monoisotopic (exact) mass is 494 g/mol. The van der Waals surface area contributed by atoms with Crippen LogP contribution in [-0.2, 0) is 42.2 Å². The van der Waals surface area contributed by atoms with Crippen molar-refractivity contribution in [1.29, 1.82) is 0 Å². The van der Waals surface area contributed by atoms with Crippen LogP contribution < -0.4 is 0 Å². The topological polar surface area (TPSA) is 60.2 Å². The summed E-state index contributed by atoms with van der Waals surface area (Å²) in [5.41, 5.74) is 5.55. The molecule has 1 amide bonds. The van der Waals surface area contributed by atoms with Crippen molar-refractivity contribution >= 4 is 14.0 Å². The molecular formula is C28H42N4O2Si. The average Bonchev–Trinajstić information content (AvgIpc) is 3.53. The van der Waals surface area contributed by atoms with E-state index in [1.165, 1.54) is 30.5 Å². The van der Waals surface area contributed by atoms with Crippen molar-refractivity contribution in [2.75, 3.05) is 6.61 Å². The number of ether oxygens (including phenoxy) is 1. The predicted molar refractivity (Wildman–Crippen MR) is 141 cm³/mol. The predicted octanol–water partition coefficient (Wildman–Crippen LogP) is 5.70. The molecule has 1 spiro atoms. The lowest BCUT2D eigenvalue weighted by atomic mass is 9.79. The van der Waals surface area contributed by atoms with E-state index in [-0.39, 0.29) is 5.41 Å². The van der Waals surface area contributed by atoms with Crippen LogP contribution in [0.4, 0.5) is 0 Å². The zero-order chi connectivity index (χ0) is 24.5. The van der Waals surface area contributed by atoms with E-state index in [9.17, 15) is 4.79 Å². The van der Waals surface area contributed by atoms with Crippen LogP contribution >= 0.6 is 0 Å². The summed E-state index contributed by atoms with van der Waals surface area (Å²) in [5, 5.41) is 5.00. The lowest BCUT2D eigenvalue weighted by molar-refractivity contribution is -0.143. The fraction of sp³-hybridized carbons (Fsp3) is 0.679. The smallest absolute Gasteiger partial charge is 0.229 e. The van der Waals surface area contributed by atoms with E-state index in [4.69, 9.17) is 14.8 Å². The van der Waals surface area contributed by atoms with Crippen molar-refractivity contribution in [3.05, 3.63) is 46.5 Å². The first-order valence-corrected chi connectivity index (χ1v) is 17.4. The second-order valence-corrected chi connectivity index (χ2v) is 17.8. The molecule has 2 aromatic heterocycles. The van der Waals surface area contributed by atoms with Gasteiger partial charge in [-0.3, -0.25) is 9.78 Å². The highest BCUT2D eigenvalue weighted by atomic mass is 28.3. The minimum absolute atomic E-state index is 0.147. The normalized spacial score (nSPS) is 20.3. The van der Waals surface area contributed by atoms with Crippen LogP contribution in [0.15, 0.2) is 18.2 Å². The van der Waals surface area contributed by atoms with E-state index in [0.29, 0.717) is 32.1 Å². The molecule has 2 aliphatic heterocycles. The van der Waals surface area contributed by atoms with Gasteiger partial charge in [0.25, 0.3) is 0 Å². The van der Waals surface area contributed by atoms with Crippen molar-refractivity contribution in [3.8, 4) is 0 Å². The maximum atomic E-state index is 14.0. The van der Waals surface area contributed by atoms with Gasteiger partial charge >= 0.3 is 0 Å². The molecule has 35 heavy (non-hydrogen) atoms. The number of fused-ring (bicyclic) bond motifs is 3. The number of aromatic nitrogens is 3. The summed E-state index contributed by atoms with van der Waals surface area (Å²) in [4.78, 5) is 21.1. The van der Waals surface area contributed by atoms with E-state index in [1.54, 1.807) is 0 Å². The molecule has 0 aromatic carbocycles. The van der Waals surface area contributed by atoms with E-state index in [2.05, 4.69) is 42.7 Å². The van der Waals surface area contributed by atoms with E-state index < -0.39 is 8.07 Å². The minimum Gasteiger partial charge on any atom is -0.360 e. The number of hydrogen-bond donors (Lipinski definition) is 0. The third kappa shape index (κ3) is 5.56. The highest BCUT2D eigenvalue weighted by molar-refractivity contribution is 6.76. The fourth-order valence-electron chi connectivity index (χ4n) is 6.14. The van der Waals surface area contributed by atoms with Gasteiger partial charge in [0.15, 0.2) is 0 Å². The van der Waals surface area contributed by atoms with Gasteiger partial charge in [-0.15, -0.1) is 0 Å². The number of amides is 1. The van der Waals surface area contributed by atoms with Gasteiger partial charge in [0.05, 0.1) is 17.9 Å². The summed E-state index contributed by atoms with van der Waals surface area (Å²) in [6.45, 7) is 9.71. The van der Waals surface area contributed by atoms with Crippen molar-refractivity contribution in [2.24, 2.45) is 5.41 Å². The molecule has 0 unspecified atom stereocenters. The number of pyridine rings is 1. The van der Waals surface area contributed by atoms with Gasteiger partial charge in [-0.25, -0.2) is 4.68 Å². The average molecular weight is 495 g/mol. The highest BCUT2D eigenvalue weighted by Gasteiger charge is 2.45. The Morgan fingerprint density at radius 2 is 1.74 bits per heavy atom. The largest absolute Gasteiger partial charge is 0.360 e. The SMILES string of the molecule is C[Si](C)(C)CCOCn1nc2c3c1CN(C3)C(=O)C1(CCCCCc3cccc(n3)C2)CCCC1. The van der Waals surface area contributed by atoms with Crippen LogP contribution in [-0.4, -0.2) is 40.3 Å². The number of nitrogens with zero attached hydrogens (tertiary/aromatic N) is 4. The highest BCUT2D eigenvalue weighted by Crippen LogP contribution is 2.45. The summed E-state index contributed by atoms with van der Waals surface area (Å²) in [5.74, 6) is 0.386. The Morgan fingerprint density at radius 3 is 2.51 bits per heavy atom. The van der Waals surface area contributed by atoms with Gasteiger partial charge in [0, 0.05) is 50.0 Å². The standard InChI is InChI=1S/C28H42N4O2Si/c1-35(2,3)17-16-34-21-32-26-20-31-19-24(26)25(30-32)18-23-12-9-11-22(29-23)10-5-4-6-13-28(27(31)33)14-7-8-15-28/h9,11-12H,4-8,10,13-21H2,1-3H3. The summed E-state index contributed by atoms with van der Waals surface area (Å²) in [7, 11) is -1.14. The van der Waals surface area contributed by atoms with Crippen LogP contribution in [0.2, 0.25) is 25.7 Å². The Balaban J connectivity index is 1.43. The summed E-state index contributed by atoms with van der Waals surface area (Å²) in [6, 6.07) is 7.55. The van der Waals surface area contributed by atoms with Crippen molar-refractivity contribution in [2.45, 2.75) is 110 Å². The van der Waals surface area contributed by atoms with E-state index in [0.717, 1.165) is 68.3 Å². The molecule has 2 aromatic rings. The third-order valence-electron chi connectivity index (χ3n) is 8.25. The molecule has 1 aliphatic carbocycles. The third-order valence-corrected chi connectivity index (χ3v) is 9.96. The summed E-state index contributed by atoms with van der Waals surface area (Å²) in [6.07, 6.45) is 10.7. The van der Waals surface area contributed by atoms with Gasteiger partial charge < -0.3 is 9.64 Å². The molecule has 0 N–H and O–H groups in total. The number of carbonyl (C=O) groups excluding carboxylic acids is 1. The lowest BCUT2D eigenvalue weighted by Crippen LogP contribution is -2.40. The second kappa shape index (κ2) is 10.2. The quantitative estimate of drug-likeness (QED) is 0.395. The first kappa shape index (κ1) is 24.7. The second-order valence-electron chi connectivity index (χ2n) is 12.2. The maximum absolute atomic E-state index is 14.0. The van der Waals surface area contributed by atoms with E-state index >= 15 is 0 Å². The number of aryl methyl sites for hydroxylation is 1. The Bertz CT molecular complexity index is 1050. The van der Waals surface area contributed by atoms with Gasteiger partial charge in [-0.05, 0) is 50.3 Å². The molecule has 6 nitrogen and oxygen atoms in total. The van der Waals surface area contributed by atoms with Crippen molar-refractivity contribution in [3.63, 3.8) is 0 Å². The first-order valence-electron chi connectivity index (χ1n) is 13.7. The molecular weight excluding hydrogens is 452 g/mol. The molecule has 0 radical (unpaired) electrons.